The average molecular weight is 523 g/mol. The van der Waals surface area contributed by atoms with Crippen LogP contribution in [0.4, 0.5) is 4.79 Å². The molecule has 2 N–H and O–H groups in total. The Labute approximate surface area is 229 Å². The van der Waals surface area contributed by atoms with E-state index in [0.29, 0.717) is 25.0 Å². The Morgan fingerprint density at radius 2 is 1.54 bits per heavy atom. The number of para-hydroxylation sites is 1. The minimum Gasteiger partial charge on any atom is -0.410 e. The molecule has 0 spiro atoms. The third kappa shape index (κ3) is 6.74. The maximum Gasteiger partial charge on any atom is 0.415 e. The first-order chi connectivity index (χ1) is 19.1. The number of nitrogens with zero attached hydrogens (tertiary/aromatic N) is 2. The maximum absolute atomic E-state index is 13.4. The number of H-pyrrole nitrogens is 1. The summed E-state index contributed by atoms with van der Waals surface area (Å²) in [6, 6.07) is 29.0. The smallest absolute Gasteiger partial charge is 0.410 e. The predicted molar refractivity (Wildman–Crippen MR) is 151 cm³/mol. The van der Waals surface area contributed by atoms with Crippen LogP contribution in [0.5, 0.6) is 5.75 Å². The molecule has 0 bridgehead atoms. The van der Waals surface area contributed by atoms with Crippen molar-refractivity contribution >= 4 is 12.0 Å². The maximum atomic E-state index is 13.4. The molecule has 0 aliphatic heterocycles. The number of amides is 2. The highest BCUT2D eigenvalue weighted by molar-refractivity contribution is 5.79. The fourth-order valence-corrected chi connectivity index (χ4v) is 5.16. The van der Waals surface area contributed by atoms with Gasteiger partial charge in [-0.25, -0.2) is 9.78 Å². The molecule has 4 aromatic rings. The van der Waals surface area contributed by atoms with Gasteiger partial charge in [-0.1, -0.05) is 78.9 Å². The van der Waals surface area contributed by atoms with Crippen LogP contribution in [0.25, 0.3) is 11.3 Å². The summed E-state index contributed by atoms with van der Waals surface area (Å²) in [4.78, 5) is 35.9. The van der Waals surface area contributed by atoms with Crippen molar-refractivity contribution in [2.24, 2.45) is 5.92 Å². The van der Waals surface area contributed by atoms with Gasteiger partial charge in [-0.05, 0) is 49.8 Å². The molecule has 7 nitrogen and oxygen atoms in total. The van der Waals surface area contributed by atoms with Gasteiger partial charge in [-0.3, -0.25) is 4.79 Å². The van der Waals surface area contributed by atoms with Crippen LogP contribution in [-0.2, 0) is 11.2 Å². The number of carbonyl (C=O) groups is 2. The van der Waals surface area contributed by atoms with Crippen LogP contribution in [0.3, 0.4) is 0 Å². The van der Waals surface area contributed by atoms with Crippen molar-refractivity contribution in [3.05, 3.63) is 109 Å². The van der Waals surface area contributed by atoms with Crippen molar-refractivity contribution in [1.29, 1.82) is 0 Å². The minimum atomic E-state index is -0.371. The fourth-order valence-electron chi connectivity index (χ4n) is 5.16. The zero-order chi connectivity index (χ0) is 27.0. The predicted octanol–water partition coefficient (Wildman–Crippen LogP) is 6.17. The van der Waals surface area contributed by atoms with Crippen molar-refractivity contribution in [2.75, 3.05) is 7.05 Å². The first-order valence-electron chi connectivity index (χ1n) is 13.5. The SMILES string of the molecule is CN(C(=O)Oc1ccccc1)C1CCC(C(=O)NC(Cc2ccccc2)c2nc(-c3ccccc3)c[nH]2)CC1. The second-order valence-electron chi connectivity index (χ2n) is 10.1. The number of aromatic nitrogens is 2. The summed E-state index contributed by atoms with van der Waals surface area (Å²) in [6.45, 7) is 0. The van der Waals surface area contributed by atoms with Gasteiger partial charge in [0.05, 0.1) is 11.7 Å². The quantitative estimate of drug-likeness (QED) is 0.290. The van der Waals surface area contributed by atoms with Gasteiger partial charge >= 0.3 is 6.09 Å². The highest BCUT2D eigenvalue weighted by Gasteiger charge is 2.32. The number of benzene rings is 3. The summed E-state index contributed by atoms with van der Waals surface area (Å²) < 4.78 is 5.49. The lowest BCUT2D eigenvalue weighted by Gasteiger charge is -2.34. The normalized spacial score (nSPS) is 17.7. The van der Waals surface area contributed by atoms with Crippen LogP contribution in [-0.4, -0.2) is 40.0 Å². The van der Waals surface area contributed by atoms with Crippen LogP contribution >= 0.6 is 0 Å². The van der Waals surface area contributed by atoms with Crippen LogP contribution in [0.1, 0.15) is 43.1 Å². The van der Waals surface area contributed by atoms with E-state index >= 15 is 0 Å². The Morgan fingerprint density at radius 3 is 2.21 bits per heavy atom. The molecule has 3 aromatic carbocycles. The summed E-state index contributed by atoms with van der Waals surface area (Å²) in [5, 5.41) is 3.28. The minimum absolute atomic E-state index is 0.0292. The number of rotatable bonds is 8. The van der Waals surface area contributed by atoms with Crippen molar-refractivity contribution in [3.8, 4) is 17.0 Å². The van der Waals surface area contributed by atoms with Crippen molar-refractivity contribution in [1.82, 2.24) is 20.2 Å². The molecule has 0 radical (unpaired) electrons. The van der Waals surface area contributed by atoms with E-state index in [1.807, 2.05) is 72.9 Å². The number of hydrogen-bond donors (Lipinski definition) is 2. The molecule has 200 valence electrons. The van der Waals surface area contributed by atoms with Crippen molar-refractivity contribution in [2.45, 2.75) is 44.2 Å². The highest BCUT2D eigenvalue weighted by atomic mass is 16.6. The van der Waals surface area contributed by atoms with Gasteiger partial charge in [0.1, 0.15) is 11.6 Å². The molecule has 1 unspecified atom stereocenters. The van der Waals surface area contributed by atoms with Crippen LogP contribution < -0.4 is 10.1 Å². The zero-order valence-electron chi connectivity index (χ0n) is 22.1. The van der Waals surface area contributed by atoms with Gasteiger partial charge in [0.25, 0.3) is 0 Å². The second-order valence-corrected chi connectivity index (χ2v) is 10.1. The molecular formula is C32H34N4O3. The summed E-state index contributed by atoms with van der Waals surface area (Å²) in [7, 11) is 1.77. The summed E-state index contributed by atoms with van der Waals surface area (Å²) in [6.07, 6.45) is 5.09. The number of nitrogens with one attached hydrogen (secondary N) is 2. The van der Waals surface area contributed by atoms with Crippen LogP contribution in [0.2, 0.25) is 0 Å². The van der Waals surface area contributed by atoms with Gasteiger partial charge in [-0.15, -0.1) is 0 Å². The number of ether oxygens (including phenoxy) is 1. The van der Waals surface area contributed by atoms with Crippen molar-refractivity contribution < 1.29 is 14.3 Å². The Hall–Kier alpha value is -4.39. The molecule has 1 heterocycles. The lowest BCUT2D eigenvalue weighted by Crippen LogP contribution is -2.43. The first kappa shape index (κ1) is 26.2. The lowest BCUT2D eigenvalue weighted by molar-refractivity contribution is -0.127. The average Bonchev–Trinajstić information content (AvgIpc) is 3.48. The third-order valence-electron chi connectivity index (χ3n) is 7.45. The third-order valence-corrected chi connectivity index (χ3v) is 7.45. The van der Waals surface area contributed by atoms with E-state index in [0.717, 1.165) is 35.5 Å². The largest absolute Gasteiger partial charge is 0.415 e. The molecule has 0 saturated heterocycles. The monoisotopic (exact) mass is 522 g/mol. The highest BCUT2D eigenvalue weighted by Crippen LogP contribution is 2.29. The van der Waals surface area contributed by atoms with Crippen LogP contribution in [0, 0.1) is 5.92 Å². The summed E-state index contributed by atoms with van der Waals surface area (Å²) >= 11 is 0. The van der Waals surface area contributed by atoms with Gasteiger partial charge in [0.2, 0.25) is 5.91 Å². The van der Waals surface area contributed by atoms with Crippen LogP contribution in [0.15, 0.2) is 97.2 Å². The molecule has 7 heteroatoms. The Kier molecular flexibility index (Phi) is 8.36. The summed E-state index contributed by atoms with van der Waals surface area (Å²) in [5.41, 5.74) is 3.00. The van der Waals surface area contributed by atoms with Gasteiger partial charge in [0.15, 0.2) is 0 Å². The number of hydrogen-bond acceptors (Lipinski definition) is 4. The summed E-state index contributed by atoms with van der Waals surface area (Å²) in [5.74, 6) is 1.19. The van der Waals surface area contributed by atoms with Crippen molar-refractivity contribution in [3.63, 3.8) is 0 Å². The van der Waals surface area contributed by atoms with E-state index in [-0.39, 0.29) is 30.0 Å². The molecule has 1 fully saturated rings. The van der Waals surface area contributed by atoms with E-state index < -0.39 is 0 Å². The molecular weight excluding hydrogens is 488 g/mol. The molecule has 1 aromatic heterocycles. The van der Waals surface area contributed by atoms with Gasteiger partial charge in [-0.2, -0.15) is 0 Å². The number of carbonyl (C=O) groups excluding carboxylic acids is 2. The fraction of sp³-hybridized carbons (Fsp3) is 0.281. The number of imidazole rings is 1. The molecule has 2 amide bonds. The van der Waals surface area contributed by atoms with E-state index in [2.05, 4.69) is 22.4 Å². The number of aromatic amines is 1. The van der Waals surface area contributed by atoms with E-state index in [1.165, 1.54) is 0 Å². The molecule has 1 aliphatic carbocycles. The van der Waals surface area contributed by atoms with E-state index in [9.17, 15) is 9.59 Å². The molecule has 39 heavy (non-hydrogen) atoms. The lowest BCUT2D eigenvalue weighted by atomic mass is 9.84. The Balaban J connectivity index is 1.21. The Morgan fingerprint density at radius 1 is 0.923 bits per heavy atom. The molecule has 5 rings (SSSR count). The Bertz CT molecular complexity index is 1350. The molecule has 1 saturated carbocycles. The topological polar surface area (TPSA) is 87.3 Å². The first-order valence-corrected chi connectivity index (χ1v) is 13.5. The molecule has 1 atom stereocenters. The van der Waals surface area contributed by atoms with Gasteiger partial charge in [0, 0.05) is 30.8 Å². The molecule has 1 aliphatic rings. The standard InChI is InChI=1S/C32H34N4O3/c1-36(32(38)39-27-15-9-4-10-16-27)26-19-17-25(18-20-26)31(37)35-28(21-23-11-5-2-6-12-23)30-33-22-29(34-30)24-13-7-3-8-14-24/h2-16,22,25-26,28H,17-21H2,1H3,(H,33,34)(H,35,37). The van der Waals surface area contributed by atoms with E-state index in [4.69, 9.17) is 9.72 Å². The second kappa shape index (κ2) is 12.4. The van der Waals surface area contributed by atoms with Gasteiger partial charge < -0.3 is 19.9 Å². The zero-order valence-corrected chi connectivity index (χ0v) is 22.1. The van der Waals surface area contributed by atoms with E-state index in [1.54, 1.807) is 24.1 Å².